The molecule has 4 rings (SSSR count). The normalized spacial score (nSPS) is 11.8. The third-order valence-electron chi connectivity index (χ3n) is 4.86. The van der Waals surface area contributed by atoms with Crippen LogP contribution in [-0.2, 0) is 16.3 Å². The summed E-state index contributed by atoms with van der Waals surface area (Å²) in [5, 5.41) is 0.781. The van der Waals surface area contributed by atoms with E-state index in [9.17, 15) is 8.42 Å². The SMILES string of the molecule is CCc1ccc(S(=O)(=O)c2cnc3ccc(C)cc3c2-n2cnc(C)c2)cc1. The molecule has 0 aliphatic rings. The monoisotopic (exact) mass is 391 g/mol. The minimum atomic E-state index is -3.75. The summed E-state index contributed by atoms with van der Waals surface area (Å²) in [5.74, 6) is 0. The van der Waals surface area contributed by atoms with Gasteiger partial charge in [-0.25, -0.2) is 13.4 Å². The van der Waals surface area contributed by atoms with Gasteiger partial charge in [0.25, 0.3) is 0 Å². The Morgan fingerprint density at radius 2 is 1.75 bits per heavy atom. The van der Waals surface area contributed by atoms with Crippen LogP contribution in [0.3, 0.4) is 0 Å². The first-order valence-electron chi connectivity index (χ1n) is 9.14. The third kappa shape index (κ3) is 3.10. The molecule has 0 radical (unpaired) electrons. The molecule has 0 aliphatic heterocycles. The van der Waals surface area contributed by atoms with E-state index in [1.807, 2.05) is 57.3 Å². The van der Waals surface area contributed by atoms with Gasteiger partial charge in [-0.2, -0.15) is 0 Å². The highest BCUT2D eigenvalue weighted by atomic mass is 32.2. The average Bonchev–Trinajstić information content (AvgIpc) is 3.12. The van der Waals surface area contributed by atoms with Gasteiger partial charge in [0.2, 0.25) is 9.84 Å². The van der Waals surface area contributed by atoms with Crippen LogP contribution in [0.15, 0.2) is 71.0 Å². The van der Waals surface area contributed by atoms with Gasteiger partial charge in [-0.3, -0.25) is 4.98 Å². The quantitative estimate of drug-likeness (QED) is 0.516. The number of rotatable bonds is 4. The summed E-state index contributed by atoms with van der Waals surface area (Å²) in [4.78, 5) is 9.15. The highest BCUT2D eigenvalue weighted by molar-refractivity contribution is 7.91. The zero-order chi connectivity index (χ0) is 19.9. The van der Waals surface area contributed by atoms with Gasteiger partial charge < -0.3 is 4.57 Å². The molecule has 0 aliphatic carbocycles. The largest absolute Gasteiger partial charge is 0.304 e. The standard InChI is InChI=1S/C22H21N3O2S/c1-4-17-6-8-18(9-7-17)28(26,27)21-12-23-20-10-5-15(2)11-19(20)22(21)25-13-16(3)24-14-25/h5-14H,4H2,1-3H3. The Balaban J connectivity index is 2.03. The van der Waals surface area contributed by atoms with Crippen molar-refractivity contribution in [1.29, 1.82) is 0 Å². The first kappa shape index (κ1) is 18.4. The maximum Gasteiger partial charge on any atom is 0.210 e. The molecular formula is C22H21N3O2S. The fraction of sp³-hybridized carbons (Fsp3) is 0.182. The second kappa shape index (κ2) is 6.87. The number of imidazole rings is 1. The van der Waals surface area contributed by atoms with Crippen molar-refractivity contribution in [3.8, 4) is 5.69 Å². The third-order valence-corrected chi connectivity index (χ3v) is 6.63. The van der Waals surface area contributed by atoms with Crippen LogP contribution >= 0.6 is 0 Å². The molecule has 2 heterocycles. The van der Waals surface area contributed by atoms with E-state index in [0.717, 1.165) is 34.1 Å². The van der Waals surface area contributed by atoms with Gasteiger partial charge in [0.05, 0.1) is 28.1 Å². The Bertz CT molecular complexity index is 1270. The summed E-state index contributed by atoms with van der Waals surface area (Å²) in [6.45, 7) is 5.90. The molecule has 6 heteroatoms. The maximum atomic E-state index is 13.5. The predicted molar refractivity (Wildman–Crippen MR) is 110 cm³/mol. The van der Waals surface area contributed by atoms with Gasteiger partial charge in [0, 0.05) is 17.8 Å². The molecule has 0 saturated carbocycles. The van der Waals surface area contributed by atoms with Gasteiger partial charge in [-0.15, -0.1) is 0 Å². The van der Waals surface area contributed by atoms with Crippen LogP contribution in [-0.4, -0.2) is 23.0 Å². The molecule has 2 aromatic carbocycles. The second-order valence-corrected chi connectivity index (χ2v) is 8.83. The Morgan fingerprint density at radius 1 is 1.00 bits per heavy atom. The van der Waals surface area contributed by atoms with Crippen LogP contribution in [0.1, 0.15) is 23.7 Å². The van der Waals surface area contributed by atoms with Crippen molar-refractivity contribution in [3.63, 3.8) is 0 Å². The summed E-state index contributed by atoms with van der Waals surface area (Å²) >= 11 is 0. The number of fused-ring (bicyclic) bond motifs is 1. The van der Waals surface area contributed by atoms with E-state index < -0.39 is 9.84 Å². The highest BCUT2D eigenvalue weighted by Crippen LogP contribution is 2.32. The van der Waals surface area contributed by atoms with E-state index in [1.165, 1.54) is 6.20 Å². The topological polar surface area (TPSA) is 64.8 Å². The zero-order valence-electron chi connectivity index (χ0n) is 16.0. The minimum absolute atomic E-state index is 0.173. The molecule has 142 valence electrons. The number of nitrogens with zero attached hydrogens (tertiary/aromatic N) is 3. The van der Waals surface area contributed by atoms with E-state index in [0.29, 0.717) is 5.69 Å². The molecule has 0 fully saturated rings. The molecule has 2 aromatic heterocycles. The fourth-order valence-electron chi connectivity index (χ4n) is 3.31. The molecule has 4 aromatic rings. The van der Waals surface area contributed by atoms with Crippen LogP contribution in [0.25, 0.3) is 16.6 Å². The molecule has 0 bridgehead atoms. The Labute approximate surface area is 164 Å². The number of pyridine rings is 1. The van der Waals surface area contributed by atoms with Crippen LogP contribution in [0.5, 0.6) is 0 Å². The average molecular weight is 391 g/mol. The van der Waals surface area contributed by atoms with Crippen LogP contribution in [0.2, 0.25) is 0 Å². The van der Waals surface area contributed by atoms with Crippen LogP contribution in [0.4, 0.5) is 0 Å². The van der Waals surface area contributed by atoms with E-state index >= 15 is 0 Å². The Kier molecular flexibility index (Phi) is 4.51. The molecule has 0 spiro atoms. The van der Waals surface area contributed by atoms with Gasteiger partial charge in [0.1, 0.15) is 4.90 Å². The lowest BCUT2D eigenvalue weighted by Crippen LogP contribution is -2.09. The highest BCUT2D eigenvalue weighted by Gasteiger charge is 2.25. The van der Waals surface area contributed by atoms with Gasteiger partial charge in [0.15, 0.2) is 0 Å². The molecule has 0 saturated heterocycles. The van der Waals surface area contributed by atoms with Crippen molar-refractivity contribution < 1.29 is 8.42 Å². The maximum absolute atomic E-state index is 13.5. The summed E-state index contributed by atoms with van der Waals surface area (Å²) in [6.07, 6.45) is 5.78. The Hall–Kier alpha value is -2.99. The molecule has 0 amide bonds. The lowest BCUT2D eigenvalue weighted by molar-refractivity contribution is 0.595. The van der Waals surface area contributed by atoms with Gasteiger partial charge in [-0.05, 0) is 50.1 Å². The number of hydrogen-bond acceptors (Lipinski definition) is 4. The number of hydrogen-bond donors (Lipinski definition) is 0. The van der Waals surface area contributed by atoms with Crippen molar-refractivity contribution in [1.82, 2.24) is 14.5 Å². The second-order valence-electron chi connectivity index (χ2n) is 6.91. The van der Waals surface area contributed by atoms with Crippen LogP contribution in [0, 0.1) is 13.8 Å². The van der Waals surface area contributed by atoms with Crippen molar-refractivity contribution in [2.24, 2.45) is 0 Å². The van der Waals surface area contributed by atoms with Crippen molar-refractivity contribution in [3.05, 3.63) is 78.0 Å². The first-order valence-corrected chi connectivity index (χ1v) is 10.6. The van der Waals surface area contributed by atoms with E-state index in [2.05, 4.69) is 9.97 Å². The fourth-order valence-corrected chi connectivity index (χ4v) is 4.72. The van der Waals surface area contributed by atoms with Gasteiger partial charge in [-0.1, -0.05) is 30.7 Å². The Morgan fingerprint density at radius 3 is 2.39 bits per heavy atom. The molecule has 0 N–H and O–H groups in total. The first-order chi connectivity index (χ1) is 13.4. The van der Waals surface area contributed by atoms with E-state index in [-0.39, 0.29) is 9.79 Å². The summed E-state index contributed by atoms with van der Waals surface area (Å²) in [7, 11) is -3.75. The summed E-state index contributed by atoms with van der Waals surface area (Å²) < 4.78 is 28.7. The number of benzene rings is 2. The van der Waals surface area contributed by atoms with E-state index in [1.54, 1.807) is 23.0 Å². The smallest absolute Gasteiger partial charge is 0.210 e. The molecule has 28 heavy (non-hydrogen) atoms. The van der Waals surface area contributed by atoms with Crippen molar-refractivity contribution in [2.45, 2.75) is 37.0 Å². The van der Waals surface area contributed by atoms with Crippen LogP contribution < -0.4 is 0 Å². The van der Waals surface area contributed by atoms with Crippen molar-refractivity contribution in [2.75, 3.05) is 0 Å². The minimum Gasteiger partial charge on any atom is -0.304 e. The molecule has 5 nitrogen and oxygen atoms in total. The lowest BCUT2D eigenvalue weighted by atomic mass is 10.1. The van der Waals surface area contributed by atoms with Crippen molar-refractivity contribution >= 4 is 20.7 Å². The van der Waals surface area contributed by atoms with E-state index in [4.69, 9.17) is 0 Å². The molecular weight excluding hydrogens is 370 g/mol. The number of aromatic nitrogens is 3. The summed E-state index contributed by atoms with van der Waals surface area (Å²) in [6, 6.07) is 12.9. The zero-order valence-corrected chi connectivity index (χ0v) is 16.9. The number of aryl methyl sites for hydroxylation is 3. The lowest BCUT2D eigenvalue weighted by Gasteiger charge is -2.14. The molecule has 0 unspecified atom stereocenters. The predicted octanol–water partition coefficient (Wildman–Crippen LogP) is 4.43. The van der Waals surface area contributed by atoms with Gasteiger partial charge >= 0.3 is 0 Å². The number of sulfone groups is 1. The molecule has 0 atom stereocenters. The summed E-state index contributed by atoms with van der Waals surface area (Å²) in [5.41, 5.74) is 4.26.